The van der Waals surface area contributed by atoms with Gasteiger partial charge in [0.15, 0.2) is 0 Å². The molecule has 4 nitrogen and oxygen atoms in total. The molecule has 1 aliphatic carbocycles. The highest BCUT2D eigenvalue weighted by atomic mass is 16.2. The van der Waals surface area contributed by atoms with Crippen molar-refractivity contribution in [2.75, 3.05) is 0 Å². The molecule has 1 unspecified atom stereocenters. The van der Waals surface area contributed by atoms with E-state index in [0.29, 0.717) is 18.5 Å². The quantitative estimate of drug-likeness (QED) is 0.652. The standard InChI is InChI=1S/C24H29N3O/c1-16(2)14-18-8-10-19(11-9-18)17(3)24-26-21-6-4-5-7-22(21)27(24)15-23(28)25-20-12-13-20/h4-11,16-17,20H,12-15H2,1-3H3,(H,25,28). The molecule has 0 radical (unpaired) electrons. The lowest BCUT2D eigenvalue weighted by atomic mass is 9.96. The van der Waals surface area contributed by atoms with Gasteiger partial charge in [-0.15, -0.1) is 0 Å². The number of hydrogen-bond acceptors (Lipinski definition) is 2. The van der Waals surface area contributed by atoms with Crippen LogP contribution in [-0.2, 0) is 17.8 Å². The second kappa shape index (κ2) is 7.78. The lowest BCUT2D eigenvalue weighted by molar-refractivity contribution is -0.121. The summed E-state index contributed by atoms with van der Waals surface area (Å²) in [4.78, 5) is 17.4. The number of amides is 1. The summed E-state index contributed by atoms with van der Waals surface area (Å²) in [6.45, 7) is 6.98. The zero-order valence-corrected chi connectivity index (χ0v) is 17.0. The molecule has 4 rings (SSSR count). The molecule has 0 spiro atoms. The predicted molar refractivity (Wildman–Crippen MR) is 113 cm³/mol. The lowest BCUT2D eigenvalue weighted by Gasteiger charge is -2.16. The highest BCUT2D eigenvalue weighted by Gasteiger charge is 2.25. The smallest absolute Gasteiger partial charge is 0.240 e. The van der Waals surface area contributed by atoms with E-state index in [1.807, 2.05) is 18.2 Å². The van der Waals surface area contributed by atoms with E-state index in [2.05, 4.69) is 61.0 Å². The van der Waals surface area contributed by atoms with Crippen molar-refractivity contribution in [2.45, 2.75) is 58.5 Å². The number of imidazole rings is 1. The van der Waals surface area contributed by atoms with Crippen LogP contribution in [0.25, 0.3) is 11.0 Å². The lowest BCUT2D eigenvalue weighted by Crippen LogP contribution is -2.30. The van der Waals surface area contributed by atoms with Crippen molar-refractivity contribution in [3.05, 3.63) is 65.5 Å². The maximum Gasteiger partial charge on any atom is 0.240 e. The molecular weight excluding hydrogens is 346 g/mol. The van der Waals surface area contributed by atoms with Crippen molar-refractivity contribution in [1.82, 2.24) is 14.9 Å². The van der Waals surface area contributed by atoms with Crippen molar-refractivity contribution in [3.63, 3.8) is 0 Å². The number of benzene rings is 2. The Hall–Kier alpha value is -2.62. The fourth-order valence-corrected chi connectivity index (χ4v) is 3.80. The third kappa shape index (κ3) is 4.11. The van der Waals surface area contributed by atoms with E-state index in [1.165, 1.54) is 11.1 Å². The van der Waals surface area contributed by atoms with Crippen molar-refractivity contribution in [2.24, 2.45) is 5.92 Å². The number of fused-ring (bicyclic) bond motifs is 1. The van der Waals surface area contributed by atoms with Gasteiger partial charge >= 0.3 is 0 Å². The van der Waals surface area contributed by atoms with Crippen molar-refractivity contribution < 1.29 is 4.79 Å². The van der Waals surface area contributed by atoms with E-state index in [-0.39, 0.29) is 11.8 Å². The second-order valence-corrected chi connectivity index (χ2v) is 8.45. The fourth-order valence-electron chi connectivity index (χ4n) is 3.80. The van der Waals surface area contributed by atoms with Crippen molar-refractivity contribution in [1.29, 1.82) is 0 Å². The Morgan fingerprint density at radius 3 is 2.50 bits per heavy atom. The van der Waals surface area contributed by atoms with E-state index >= 15 is 0 Å². The van der Waals surface area contributed by atoms with Gasteiger partial charge < -0.3 is 9.88 Å². The van der Waals surface area contributed by atoms with Gasteiger partial charge in [-0.2, -0.15) is 0 Å². The molecule has 28 heavy (non-hydrogen) atoms. The molecule has 1 aliphatic rings. The van der Waals surface area contributed by atoms with Crippen LogP contribution in [0, 0.1) is 5.92 Å². The molecule has 1 N–H and O–H groups in total. The Kier molecular flexibility index (Phi) is 5.21. The van der Waals surface area contributed by atoms with Gasteiger partial charge in [0, 0.05) is 12.0 Å². The first-order valence-corrected chi connectivity index (χ1v) is 10.3. The number of carbonyl (C=O) groups is 1. The largest absolute Gasteiger partial charge is 0.352 e. The first-order chi connectivity index (χ1) is 13.5. The van der Waals surface area contributed by atoms with Gasteiger partial charge in [-0.1, -0.05) is 57.2 Å². The van der Waals surface area contributed by atoms with Gasteiger partial charge in [0.05, 0.1) is 11.0 Å². The van der Waals surface area contributed by atoms with Crippen molar-refractivity contribution in [3.8, 4) is 0 Å². The number of aromatic nitrogens is 2. The molecule has 0 saturated heterocycles. The molecule has 3 aromatic rings. The van der Waals surface area contributed by atoms with Gasteiger partial charge in [-0.3, -0.25) is 4.79 Å². The van der Waals surface area contributed by atoms with Gasteiger partial charge in [0.25, 0.3) is 0 Å². The molecule has 0 bridgehead atoms. The number of hydrogen-bond donors (Lipinski definition) is 1. The Labute approximate surface area is 167 Å². The van der Waals surface area contributed by atoms with Crippen LogP contribution in [-0.4, -0.2) is 21.5 Å². The summed E-state index contributed by atoms with van der Waals surface area (Å²) in [5.41, 5.74) is 4.56. The second-order valence-electron chi connectivity index (χ2n) is 8.45. The molecule has 1 aromatic heterocycles. The van der Waals surface area contributed by atoms with Crippen LogP contribution < -0.4 is 5.32 Å². The molecule has 1 atom stereocenters. The highest BCUT2D eigenvalue weighted by molar-refractivity contribution is 5.81. The first-order valence-electron chi connectivity index (χ1n) is 10.3. The minimum absolute atomic E-state index is 0.0754. The molecule has 1 saturated carbocycles. The topological polar surface area (TPSA) is 46.9 Å². The Morgan fingerprint density at radius 2 is 1.82 bits per heavy atom. The summed E-state index contributed by atoms with van der Waals surface area (Å²) >= 11 is 0. The molecule has 0 aliphatic heterocycles. The number of para-hydroxylation sites is 2. The van der Waals surface area contributed by atoms with Crippen molar-refractivity contribution >= 4 is 16.9 Å². The fraction of sp³-hybridized carbons (Fsp3) is 0.417. The summed E-state index contributed by atoms with van der Waals surface area (Å²) in [5.74, 6) is 1.79. The number of nitrogens with zero attached hydrogens (tertiary/aromatic N) is 2. The van der Waals surface area contributed by atoms with Crippen LogP contribution >= 0.6 is 0 Å². The summed E-state index contributed by atoms with van der Waals surface area (Å²) in [7, 11) is 0. The van der Waals surface area contributed by atoms with E-state index in [0.717, 1.165) is 36.1 Å². The van der Waals surface area contributed by atoms with Crippen LogP contribution in [0.3, 0.4) is 0 Å². The molecular formula is C24H29N3O. The predicted octanol–water partition coefficient (Wildman–Crippen LogP) is 4.67. The Bertz CT molecular complexity index is 967. The average molecular weight is 376 g/mol. The van der Waals surface area contributed by atoms with Gasteiger partial charge in [0.2, 0.25) is 5.91 Å². The van der Waals surface area contributed by atoms with Crippen LogP contribution in [0.4, 0.5) is 0 Å². The minimum atomic E-state index is 0.0754. The van der Waals surface area contributed by atoms with Crippen LogP contribution in [0.1, 0.15) is 56.5 Å². The highest BCUT2D eigenvalue weighted by Crippen LogP contribution is 2.28. The van der Waals surface area contributed by atoms with E-state index in [4.69, 9.17) is 4.98 Å². The normalized spacial score (nSPS) is 15.1. The van der Waals surface area contributed by atoms with Gasteiger partial charge in [-0.25, -0.2) is 4.98 Å². The number of nitrogens with one attached hydrogen (secondary N) is 1. The monoisotopic (exact) mass is 375 g/mol. The minimum Gasteiger partial charge on any atom is -0.352 e. The third-order valence-electron chi connectivity index (χ3n) is 5.44. The molecule has 1 fully saturated rings. The zero-order valence-electron chi connectivity index (χ0n) is 17.0. The van der Waals surface area contributed by atoms with Crippen LogP contribution in [0.2, 0.25) is 0 Å². The maximum atomic E-state index is 12.5. The molecule has 146 valence electrons. The number of carbonyl (C=O) groups excluding carboxylic acids is 1. The zero-order chi connectivity index (χ0) is 19.7. The summed E-state index contributed by atoms with van der Waals surface area (Å²) in [6, 6.07) is 17.3. The summed E-state index contributed by atoms with van der Waals surface area (Å²) in [5, 5.41) is 3.10. The van der Waals surface area contributed by atoms with Gasteiger partial charge in [0.1, 0.15) is 12.4 Å². The summed E-state index contributed by atoms with van der Waals surface area (Å²) in [6.07, 6.45) is 3.29. The third-order valence-corrected chi connectivity index (χ3v) is 5.44. The van der Waals surface area contributed by atoms with E-state index < -0.39 is 0 Å². The number of rotatable bonds is 7. The molecule has 1 amide bonds. The SMILES string of the molecule is CC(C)Cc1ccc(C(C)c2nc3ccccc3n2CC(=O)NC2CC2)cc1. The van der Waals surface area contributed by atoms with Crippen LogP contribution in [0.15, 0.2) is 48.5 Å². The Balaban J connectivity index is 1.64. The Morgan fingerprint density at radius 1 is 1.11 bits per heavy atom. The van der Waals surface area contributed by atoms with Crippen LogP contribution in [0.5, 0.6) is 0 Å². The molecule has 1 heterocycles. The van der Waals surface area contributed by atoms with E-state index in [1.54, 1.807) is 0 Å². The molecule has 4 heteroatoms. The summed E-state index contributed by atoms with van der Waals surface area (Å²) < 4.78 is 2.08. The molecule has 2 aromatic carbocycles. The van der Waals surface area contributed by atoms with E-state index in [9.17, 15) is 4.79 Å². The average Bonchev–Trinajstić information content (AvgIpc) is 3.41. The first kappa shape index (κ1) is 18.7. The van der Waals surface area contributed by atoms with Gasteiger partial charge in [-0.05, 0) is 48.4 Å². The maximum absolute atomic E-state index is 12.5.